The highest BCUT2D eigenvalue weighted by molar-refractivity contribution is 6.33. The van der Waals surface area contributed by atoms with E-state index in [0.717, 1.165) is 24.8 Å². The molecule has 1 aromatic carbocycles. The van der Waals surface area contributed by atoms with Crippen molar-refractivity contribution in [2.75, 3.05) is 5.73 Å². The lowest BCUT2D eigenvalue weighted by atomic mass is 9.62. The van der Waals surface area contributed by atoms with Crippen LogP contribution in [-0.2, 0) is 14.9 Å². The van der Waals surface area contributed by atoms with Gasteiger partial charge in [0.2, 0.25) is 0 Å². The van der Waals surface area contributed by atoms with Crippen molar-refractivity contribution in [1.29, 1.82) is 0 Å². The third kappa shape index (κ3) is 3.26. The molecular weight excluding hydrogens is 274 g/mol. The van der Waals surface area contributed by atoms with E-state index in [2.05, 4.69) is 0 Å². The summed E-state index contributed by atoms with van der Waals surface area (Å²) in [6, 6.07) is 5.68. The van der Waals surface area contributed by atoms with Crippen LogP contribution in [0.25, 0.3) is 0 Å². The second-order valence-corrected chi connectivity index (χ2v) is 7.04. The Morgan fingerprint density at radius 3 is 2.50 bits per heavy atom. The number of halogens is 1. The van der Waals surface area contributed by atoms with E-state index < -0.39 is 5.60 Å². The molecule has 110 valence electrons. The standard InChI is InChI=1S/C16H22ClNO2/c1-15(2,3)20-14(19)10-16(7-4-8-16)11-5-6-12(17)13(18)9-11/h5-6,9H,4,7-8,10,18H2,1-3H3. The second-order valence-electron chi connectivity index (χ2n) is 6.63. The van der Waals surface area contributed by atoms with Gasteiger partial charge in [0.05, 0.1) is 17.1 Å². The Bertz CT molecular complexity index is 516. The molecule has 0 spiro atoms. The molecule has 2 rings (SSSR count). The summed E-state index contributed by atoms with van der Waals surface area (Å²) in [7, 11) is 0. The summed E-state index contributed by atoms with van der Waals surface area (Å²) >= 11 is 5.97. The molecule has 1 saturated carbocycles. The number of hydrogen-bond acceptors (Lipinski definition) is 3. The minimum atomic E-state index is -0.443. The van der Waals surface area contributed by atoms with Crippen LogP contribution in [0.2, 0.25) is 5.02 Å². The maximum Gasteiger partial charge on any atom is 0.307 e. The number of esters is 1. The molecule has 0 radical (unpaired) electrons. The van der Waals surface area contributed by atoms with Crippen molar-refractivity contribution in [2.24, 2.45) is 0 Å². The van der Waals surface area contributed by atoms with Gasteiger partial charge in [0, 0.05) is 5.41 Å². The van der Waals surface area contributed by atoms with Crippen molar-refractivity contribution < 1.29 is 9.53 Å². The van der Waals surface area contributed by atoms with Gasteiger partial charge in [-0.1, -0.05) is 24.1 Å². The fraction of sp³-hybridized carbons (Fsp3) is 0.562. The molecule has 1 aromatic rings. The number of nitrogens with two attached hydrogens (primary N) is 1. The highest BCUT2D eigenvalue weighted by atomic mass is 35.5. The van der Waals surface area contributed by atoms with Crippen LogP contribution < -0.4 is 5.73 Å². The molecule has 1 aliphatic rings. The number of rotatable bonds is 3. The molecule has 1 aliphatic carbocycles. The number of hydrogen-bond donors (Lipinski definition) is 1. The van der Waals surface area contributed by atoms with Crippen molar-refractivity contribution in [3.63, 3.8) is 0 Å². The van der Waals surface area contributed by atoms with Gasteiger partial charge in [-0.25, -0.2) is 0 Å². The number of ether oxygens (including phenoxy) is 1. The third-order valence-electron chi connectivity index (χ3n) is 3.82. The van der Waals surface area contributed by atoms with Gasteiger partial charge in [0.25, 0.3) is 0 Å². The highest BCUT2D eigenvalue weighted by Gasteiger charge is 2.41. The smallest absolute Gasteiger partial charge is 0.307 e. The van der Waals surface area contributed by atoms with Crippen LogP contribution in [-0.4, -0.2) is 11.6 Å². The zero-order chi connectivity index (χ0) is 15.0. The van der Waals surface area contributed by atoms with Crippen molar-refractivity contribution in [3.8, 4) is 0 Å². The summed E-state index contributed by atoms with van der Waals surface area (Å²) in [5, 5.41) is 0.556. The minimum absolute atomic E-state index is 0.124. The van der Waals surface area contributed by atoms with Gasteiger partial charge in [0.1, 0.15) is 5.60 Å². The van der Waals surface area contributed by atoms with Crippen molar-refractivity contribution >= 4 is 23.3 Å². The average Bonchev–Trinajstić information content (AvgIpc) is 2.25. The van der Waals surface area contributed by atoms with E-state index in [9.17, 15) is 4.79 Å². The van der Waals surface area contributed by atoms with Crippen LogP contribution in [0.5, 0.6) is 0 Å². The van der Waals surface area contributed by atoms with Crippen LogP contribution in [0.4, 0.5) is 5.69 Å². The van der Waals surface area contributed by atoms with Gasteiger partial charge in [-0.05, 0) is 51.3 Å². The number of carbonyl (C=O) groups is 1. The largest absolute Gasteiger partial charge is 0.460 e. The monoisotopic (exact) mass is 295 g/mol. The maximum atomic E-state index is 12.1. The summed E-state index contributed by atoms with van der Waals surface area (Å²) < 4.78 is 5.45. The van der Waals surface area contributed by atoms with E-state index in [1.807, 2.05) is 32.9 Å². The summed E-state index contributed by atoms with van der Waals surface area (Å²) in [5.41, 5.74) is 6.98. The molecule has 0 heterocycles. The summed E-state index contributed by atoms with van der Waals surface area (Å²) in [6.45, 7) is 5.66. The minimum Gasteiger partial charge on any atom is -0.460 e. The predicted octanol–water partition coefficient (Wildman–Crippen LogP) is 4.08. The number of anilines is 1. The maximum absolute atomic E-state index is 12.1. The van der Waals surface area contributed by atoms with Gasteiger partial charge in [-0.2, -0.15) is 0 Å². The van der Waals surface area contributed by atoms with Crippen LogP contribution >= 0.6 is 11.6 Å². The zero-order valence-electron chi connectivity index (χ0n) is 12.3. The predicted molar refractivity (Wildman–Crippen MR) is 81.9 cm³/mol. The first-order valence-corrected chi connectivity index (χ1v) is 7.37. The lowest BCUT2D eigenvalue weighted by Crippen LogP contribution is -2.38. The summed E-state index contributed by atoms with van der Waals surface area (Å²) in [4.78, 5) is 12.1. The Morgan fingerprint density at radius 2 is 2.05 bits per heavy atom. The highest BCUT2D eigenvalue weighted by Crippen LogP contribution is 2.47. The fourth-order valence-electron chi connectivity index (χ4n) is 2.70. The molecule has 1 fully saturated rings. The van der Waals surface area contributed by atoms with Crippen LogP contribution in [0.3, 0.4) is 0 Å². The normalized spacial score (nSPS) is 17.4. The molecule has 0 saturated heterocycles. The van der Waals surface area contributed by atoms with E-state index in [1.165, 1.54) is 0 Å². The van der Waals surface area contributed by atoms with Crippen LogP contribution in [0, 0.1) is 0 Å². The van der Waals surface area contributed by atoms with E-state index in [0.29, 0.717) is 17.1 Å². The van der Waals surface area contributed by atoms with Crippen LogP contribution in [0.15, 0.2) is 18.2 Å². The van der Waals surface area contributed by atoms with Gasteiger partial charge in [-0.3, -0.25) is 4.79 Å². The Morgan fingerprint density at radius 1 is 1.40 bits per heavy atom. The molecule has 0 unspecified atom stereocenters. The van der Waals surface area contributed by atoms with Crippen molar-refractivity contribution in [1.82, 2.24) is 0 Å². The lowest BCUT2D eigenvalue weighted by Gasteiger charge is -2.42. The molecule has 0 bridgehead atoms. The molecular formula is C16H22ClNO2. The molecule has 20 heavy (non-hydrogen) atoms. The Labute approximate surface area is 125 Å². The fourth-order valence-corrected chi connectivity index (χ4v) is 2.82. The van der Waals surface area contributed by atoms with E-state index in [-0.39, 0.29) is 11.4 Å². The molecule has 0 amide bonds. The number of nitrogen functional groups attached to an aromatic ring is 1. The topological polar surface area (TPSA) is 52.3 Å². The first-order chi connectivity index (χ1) is 9.22. The SMILES string of the molecule is CC(C)(C)OC(=O)CC1(c2ccc(Cl)c(N)c2)CCC1. The Hall–Kier alpha value is -1.22. The molecule has 0 atom stereocenters. The quantitative estimate of drug-likeness (QED) is 0.675. The van der Waals surface area contributed by atoms with Crippen molar-refractivity contribution in [3.05, 3.63) is 28.8 Å². The first kappa shape index (κ1) is 15.2. The Balaban J connectivity index is 2.17. The number of benzene rings is 1. The molecule has 0 aromatic heterocycles. The second kappa shape index (κ2) is 5.28. The molecule has 4 heteroatoms. The number of carbonyl (C=O) groups excluding carboxylic acids is 1. The average molecular weight is 296 g/mol. The zero-order valence-corrected chi connectivity index (χ0v) is 13.1. The van der Waals surface area contributed by atoms with Gasteiger partial charge in [0.15, 0.2) is 0 Å². The van der Waals surface area contributed by atoms with E-state index >= 15 is 0 Å². The molecule has 2 N–H and O–H groups in total. The van der Waals surface area contributed by atoms with Gasteiger partial charge < -0.3 is 10.5 Å². The summed E-state index contributed by atoms with van der Waals surface area (Å²) in [6.07, 6.45) is 3.53. The van der Waals surface area contributed by atoms with Gasteiger partial charge >= 0.3 is 5.97 Å². The molecule has 3 nitrogen and oxygen atoms in total. The van der Waals surface area contributed by atoms with E-state index in [4.69, 9.17) is 22.1 Å². The third-order valence-corrected chi connectivity index (χ3v) is 4.17. The lowest BCUT2D eigenvalue weighted by molar-refractivity contribution is -0.157. The van der Waals surface area contributed by atoms with Crippen LogP contribution in [0.1, 0.15) is 52.0 Å². The molecule has 0 aliphatic heterocycles. The summed E-state index contributed by atoms with van der Waals surface area (Å²) in [5.74, 6) is -0.147. The van der Waals surface area contributed by atoms with Crippen molar-refractivity contribution in [2.45, 2.75) is 57.5 Å². The Kier molecular flexibility index (Phi) is 4.01. The first-order valence-electron chi connectivity index (χ1n) is 6.99. The van der Waals surface area contributed by atoms with Gasteiger partial charge in [-0.15, -0.1) is 0 Å². The van der Waals surface area contributed by atoms with E-state index in [1.54, 1.807) is 6.07 Å².